The van der Waals surface area contributed by atoms with Crippen LogP contribution in [-0.2, 0) is 65.4 Å². The van der Waals surface area contributed by atoms with Crippen LogP contribution in [0.4, 0.5) is 0 Å². The maximum Gasteiger partial charge on any atom is 0.472 e. The first-order valence-electron chi connectivity index (χ1n) is 41.0. The van der Waals surface area contributed by atoms with Gasteiger partial charge in [0.15, 0.2) is 12.2 Å². The zero-order valence-electron chi connectivity index (χ0n) is 64.1. The highest BCUT2D eigenvalue weighted by Gasteiger charge is 2.30. The molecule has 0 amide bonds. The molecule has 0 bridgehead atoms. The molecule has 0 aromatic carbocycles. The first-order valence-corrected chi connectivity index (χ1v) is 44.0. The van der Waals surface area contributed by atoms with Gasteiger partial charge in [-0.1, -0.05) is 363 Å². The Bertz CT molecular complexity index is 1890. The summed E-state index contributed by atoms with van der Waals surface area (Å²) in [5.41, 5.74) is 0. The highest BCUT2D eigenvalue weighted by atomic mass is 31.2. The van der Waals surface area contributed by atoms with Gasteiger partial charge in [-0.25, -0.2) is 9.13 Å². The van der Waals surface area contributed by atoms with E-state index in [-0.39, 0.29) is 25.7 Å². The smallest absolute Gasteiger partial charge is 0.462 e. The van der Waals surface area contributed by atoms with Gasteiger partial charge in [-0.05, 0) is 37.5 Å². The van der Waals surface area contributed by atoms with Crippen molar-refractivity contribution < 1.29 is 80.2 Å². The Kier molecular flexibility index (Phi) is 69.3. The third-order valence-electron chi connectivity index (χ3n) is 18.5. The Balaban J connectivity index is 5.20. The number of hydrogen-bond donors (Lipinski definition) is 3. The van der Waals surface area contributed by atoms with E-state index in [2.05, 4.69) is 41.5 Å². The van der Waals surface area contributed by atoms with Gasteiger partial charge in [-0.2, -0.15) is 0 Å². The van der Waals surface area contributed by atoms with E-state index in [1.54, 1.807) is 0 Å². The fourth-order valence-corrected chi connectivity index (χ4v) is 13.8. The lowest BCUT2D eigenvalue weighted by Crippen LogP contribution is -2.30. The molecule has 0 aromatic heterocycles. The molecule has 0 saturated heterocycles. The summed E-state index contributed by atoms with van der Waals surface area (Å²) in [6, 6.07) is 0. The Morgan fingerprint density at radius 3 is 0.694 bits per heavy atom. The predicted molar refractivity (Wildman–Crippen MR) is 400 cm³/mol. The summed E-state index contributed by atoms with van der Waals surface area (Å²) in [5, 5.41) is 10.6. The van der Waals surface area contributed by atoms with Gasteiger partial charge in [0.1, 0.15) is 19.3 Å². The van der Waals surface area contributed by atoms with Gasteiger partial charge in [0.25, 0.3) is 0 Å². The highest BCUT2D eigenvalue weighted by Crippen LogP contribution is 2.45. The average Bonchev–Trinajstić information content (AvgIpc) is 1.03. The molecule has 582 valence electrons. The zero-order valence-corrected chi connectivity index (χ0v) is 65.9. The molecule has 0 fully saturated rings. The molecule has 2 unspecified atom stereocenters. The minimum Gasteiger partial charge on any atom is -0.462 e. The quantitative estimate of drug-likeness (QED) is 0.0222. The molecule has 0 radical (unpaired) electrons. The number of aliphatic hydroxyl groups is 1. The van der Waals surface area contributed by atoms with Crippen LogP contribution in [0.3, 0.4) is 0 Å². The van der Waals surface area contributed by atoms with Gasteiger partial charge in [-0.3, -0.25) is 37.3 Å². The summed E-state index contributed by atoms with van der Waals surface area (Å²) in [6.07, 6.45) is 59.6. The molecule has 0 rings (SSSR count). The summed E-state index contributed by atoms with van der Waals surface area (Å²) in [7, 11) is -9.91. The Morgan fingerprint density at radius 2 is 0.469 bits per heavy atom. The summed E-state index contributed by atoms with van der Waals surface area (Å²) < 4.78 is 68.6. The van der Waals surface area contributed by atoms with Crippen molar-refractivity contribution in [3.63, 3.8) is 0 Å². The third-order valence-corrected chi connectivity index (χ3v) is 20.4. The first kappa shape index (κ1) is 96.1. The van der Waals surface area contributed by atoms with Crippen LogP contribution in [0, 0.1) is 11.8 Å². The molecule has 0 aliphatic rings. The Morgan fingerprint density at radius 1 is 0.276 bits per heavy atom. The number of carbonyl (C=O) groups excluding carboxylic acids is 4. The number of phosphoric ester groups is 2. The van der Waals surface area contributed by atoms with Crippen LogP contribution in [0.2, 0.25) is 0 Å². The minimum absolute atomic E-state index is 0.107. The predicted octanol–water partition coefficient (Wildman–Crippen LogP) is 23.5. The number of aliphatic hydroxyl groups excluding tert-OH is 1. The number of hydrogen-bond acceptors (Lipinski definition) is 15. The van der Waals surface area contributed by atoms with E-state index in [1.165, 1.54) is 231 Å². The standard InChI is InChI=1S/C79H154O17P2/c1-7-9-11-13-15-17-18-32-39-45-51-57-63-78(83)95-74(67-89-76(81)61-55-49-43-35-16-14-12-10-8-2)69-93-97(85,86)91-65-73(80)66-92-98(87,88)94-70-75(68-90-77(82)62-56-50-44-38-33-29-25-27-31-37-42-48-54-60-72(5)6)96-79(84)64-58-52-46-40-34-28-24-22-20-19-21-23-26-30-36-41-47-53-59-71(3)4/h71-75,80H,7-70H2,1-6H3,(H,85,86)(H,87,88)/t73-,74+,75+/m0/s1. The molecule has 98 heavy (non-hydrogen) atoms. The van der Waals surface area contributed by atoms with E-state index in [9.17, 15) is 43.2 Å². The molecular formula is C79H154O17P2. The normalized spacial score (nSPS) is 13.9. The number of esters is 4. The second kappa shape index (κ2) is 70.7. The number of rotatable bonds is 78. The van der Waals surface area contributed by atoms with Crippen LogP contribution in [0.15, 0.2) is 0 Å². The Labute approximate surface area is 600 Å². The van der Waals surface area contributed by atoms with Gasteiger partial charge in [0.05, 0.1) is 26.4 Å². The van der Waals surface area contributed by atoms with Gasteiger partial charge in [0.2, 0.25) is 0 Å². The Hall–Kier alpha value is -1.94. The lowest BCUT2D eigenvalue weighted by molar-refractivity contribution is -0.161. The van der Waals surface area contributed by atoms with Crippen LogP contribution >= 0.6 is 15.6 Å². The molecule has 17 nitrogen and oxygen atoms in total. The lowest BCUT2D eigenvalue weighted by atomic mass is 10.0. The summed E-state index contributed by atoms with van der Waals surface area (Å²) in [4.78, 5) is 72.9. The van der Waals surface area contributed by atoms with Crippen molar-refractivity contribution in [3.05, 3.63) is 0 Å². The van der Waals surface area contributed by atoms with E-state index in [4.69, 9.17) is 37.0 Å². The minimum atomic E-state index is -4.96. The maximum atomic E-state index is 13.1. The van der Waals surface area contributed by atoms with Gasteiger partial charge in [0, 0.05) is 25.7 Å². The van der Waals surface area contributed by atoms with Gasteiger partial charge < -0.3 is 33.8 Å². The van der Waals surface area contributed by atoms with Crippen molar-refractivity contribution >= 4 is 39.5 Å². The first-order chi connectivity index (χ1) is 47.4. The van der Waals surface area contributed by atoms with E-state index in [0.717, 1.165) is 102 Å². The van der Waals surface area contributed by atoms with Crippen molar-refractivity contribution in [2.75, 3.05) is 39.6 Å². The fraction of sp³-hybridized carbons (Fsp3) is 0.949. The molecule has 0 saturated carbocycles. The second-order valence-corrected chi connectivity index (χ2v) is 32.3. The monoisotopic (exact) mass is 1440 g/mol. The van der Waals surface area contributed by atoms with E-state index in [1.807, 2.05) is 0 Å². The second-order valence-electron chi connectivity index (χ2n) is 29.4. The highest BCUT2D eigenvalue weighted by molar-refractivity contribution is 7.47. The van der Waals surface area contributed by atoms with Crippen molar-refractivity contribution in [1.29, 1.82) is 0 Å². The molecule has 0 aliphatic carbocycles. The molecule has 5 atom stereocenters. The van der Waals surface area contributed by atoms with Crippen molar-refractivity contribution in [2.45, 2.75) is 432 Å². The molecule has 19 heteroatoms. The topological polar surface area (TPSA) is 237 Å². The van der Waals surface area contributed by atoms with E-state index < -0.39 is 97.5 Å². The SMILES string of the molecule is CCCCCCCCCCCCCCC(=O)O[C@H](COC(=O)CCCCCCCCCCC)COP(=O)(O)OC[C@H](O)COP(=O)(O)OC[C@@H](COC(=O)CCCCCCCCCCCCCCCC(C)C)OC(=O)CCCCCCCCCCCCCCCCCCCCC(C)C. The van der Waals surface area contributed by atoms with Crippen molar-refractivity contribution in [3.8, 4) is 0 Å². The maximum absolute atomic E-state index is 13.1. The van der Waals surface area contributed by atoms with Crippen LogP contribution in [0.1, 0.15) is 414 Å². The van der Waals surface area contributed by atoms with Crippen LogP contribution in [-0.4, -0.2) is 96.7 Å². The number of ether oxygens (including phenoxy) is 4. The number of phosphoric acid groups is 2. The molecule has 0 aliphatic heterocycles. The zero-order chi connectivity index (χ0) is 72.1. The van der Waals surface area contributed by atoms with Crippen LogP contribution < -0.4 is 0 Å². The van der Waals surface area contributed by atoms with Gasteiger partial charge in [-0.15, -0.1) is 0 Å². The van der Waals surface area contributed by atoms with E-state index >= 15 is 0 Å². The average molecular weight is 1440 g/mol. The molecular weight excluding hydrogens is 1280 g/mol. The molecule has 3 N–H and O–H groups in total. The largest absolute Gasteiger partial charge is 0.472 e. The number of carbonyl (C=O) groups is 4. The van der Waals surface area contributed by atoms with Crippen molar-refractivity contribution in [2.24, 2.45) is 11.8 Å². The van der Waals surface area contributed by atoms with Crippen LogP contribution in [0.25, 0.3) is 0 Å². The summed E-state index contributed by atoms with van der Waals surface area (Å²) >= 11 is 0. The number of unbranched alkanes of at least 4 members (excludes halogenated alkanes) is 48. The van der Waals surface area contributed by atoms with E-state index in [0.29, 0.717) is 25.7 Å². The summed E-state index contributed by atoms with van der Waals surface area (Å²) in [5.74, 6) is -0.500. The van der Waals surface area contributed by atoms with Gasteiger partial charge >= 0.3 is 39.5 Å². The third kappa shape index (κ3) is 72.4. The molecule has 0 heterocycles. The summed E-state index contributed by atoms with van der Waals surface area (Å²) in [6.45, 7) is 9.66. The molecule has 0 aromatic rings. The lowest BCUT2D eigenvalue weighted by Gasteiger charge is -2.21. The molecule has 0 spiro atoms. The van der Waals surface area contributed by atoms with Crippen LogP contribution in [0.5, 0.6) is 0 Å². The van der Waals surface area contributed by atoms with Crippen molar-refractivity contribution in [1.82, 2.24) is 0 Å². The fourth-order valence-electron chi connectivity index (χ4n) is 12.2.